The lowest BCUT2D eigenvalue weighted by molar-refractivity contribution is -0.384. The van der Waals surface area contributed by atoms with Crippen molar-refractivity contribution in [2.24, 2.45) is 0 Å². The second-order valence-corrected chi connectivity index (χ2v) is 8.39. The Balaban J connectivity index is 1.96. The largest absolute Gasteiger partial charge is 0.478 e. The Morgan fingerprint density at radius 3 is 2.25 bits per heavy atom. The summed E-state index contributed by atoms with van der Waals surface area (Å²) in [5.41, 5.74) is 2.75. The standard InChI is InChI=1S/C24H18ClNO5S/c1-15-2-4-16(5-3-15)14-32-22(13-17-6-11-20(25)21(12-17)26(30)31)23(27)18-7-9-19(10-8-18)24(28)29/h2-13H,14H2,1H3,(H,28,29). The van der Waals surface area contributed by atoms with Crippen LogP contribution in [0.1, 0.15) is 37.4 Å². The number of ketones is 1. The van der Waals surface area contributed by atoms with Crippen molar-refractivity contribution < 1.29 is 19.6 Å². The molecule has 0 aliphatic rings. The number of carbonyl (C=O) groups excluding carboxylic acids is 1. The van der Waals surface area contributed by atoms with Gasteiger partial charge in [0.2, 0.25) is 0 Å². The summed E-state index contributed by atoms with van der Waals surface area (Å²) in [7, 11) is 0. The molecule has 1 N–H and O–H groups in total. The molecule has 0 aliphatic carbocycles. The van der Waals surface area contributed by atoms with Crippen LogP contribution < -0.4 is 0 Å². The number of allylic oxidation sites excluding steroid dienone is 1. The SMILES string of the molecule is Cc1ccc(CSC(=Cc2ccc(Cl)c([N+](=O)[O-])c2)C(=O)c2ccc(C(=O)O)cc2)cc1. The zero-order valence-electron chi connectivity index (χ0n) is 16.9. The molecule has 162 valence electrons. The van der Waals surface area contributed by atoms with Crippen LogP contribution in [0.5, 0.6) is 0 Å². The number of hydrogen-bond donors (Lipinski definition) is 1. The summed E-state index contributed by atoms with van der Waals surface area (Å²) in [6, 6.07) is 17.9. The third-order valence-electron chi connectivity index (χ3n) is 4.60. The van der Waals surface area contributed by atoms with Crippen LogP contribution in [-0.4, -0.2) is 21.8 Å². The highest BCUT2D eigenvalue weighted by Crippen LogP contribution is 2.30. The van der Waals surface area contributed by atoms with Crippen molar-refractivity contribution >= 4 is 46.9 Å². The summed E-state index contributed by atoms with van der Waals surface area (Å²) in [6.07, 6.45) is 1.58. The molecule has 0 amide bonds. The number of nitrogens with zero attached hydrogens (tertiary/aromatic N) is 1. The van der Waals surface area contributed by atoms with Crippen molar-refractivity contribution in [1.29, 1.82) is 0 Å². The molecule has 0 saturated heterocycles. The summed E-state index contributed by atoms with van der Waals surface area (Å²) < 4.78 is 0. The lowest BCUT2D eigenvalue weighted by Gasteiger charge is -2.09. The summed E-state index contributed by atoms with van der Waals surface area (Å²) in [5, 5.41) is 20.3. The number of carbonyl (C=O) groups is 2. The molecule has 8 heteroatoms. The van der Waals surface area contributed by atoms with Crippen LogP contribution >= 0.6 is 23.4 Å². The highest BCUT2D eigenvalue weighted by Gasteiger charge is 2.17. The van der Waals surface area contributed by atoms with E-state index in [1.165, 1.54) is 48.2 Å². The van der Waals surface area contributed by atoms with Gasteiger partial charge in [-0.25, -0.2) is 4.79 Å². The van der Waals surface area contributed by atoms with Crippen molar-refractivity contribution in [3.05, 3.63) is 115 Å². The third-order valence-corrected chi connectivity index (χ3v) is 6.01. The van der Waals surface area contributed by atoms with Crippen LogP contribution in [-0.2, 0) is 5.75 Å². The Kier molecular flexibility index (Phi) is 7.45. The van der Waals surface area contributed by atoms with E-state index in [0.29, 0.717) is 21.8 Å². The molecular formula is C24H18ClNO5S. The predicted molar refractivity (Wildman–Crippen MR) is 126 cm³/mol. The first-order valence-corrected chi connectivity index (χ1v) is 10.8. The van der Waals surface area contributed by atoms with Gasteiger partial charge in [-0.05, 0) is 42.3 Å². The van der Waals surface area contributed by atoms with Gasteiger partial charge in [0.1, 0.15) is 5.02 Å². The first-order valence-electron chi connectivity index (χ1n) is 9.46. The minimum absolute atomic E-state index is 0.0107. The topological polar surface area (TPSA) is 97.5 Å². The lowest BCUT2D eigenvalue weighted by atomic mass is 10.1. The fourth-order valence-corrected chi connectivity index (χ4v) is 4.00. The smallest absolute Gasteiger partial charge is 0.335 e. The third kappa shape index (κ3) is 5.84. The molecule has 0 aromatic heterocycles. The molecule has 0 aliphatic heterocycles. The van der Waals surface area contributed by atoms with E-state index >= 15 is 0 Å². The van der Waals surface area contributed by atoms with Gasteiger partial charge in [0, 0.05) is 17.4 Å². The summed E-state index contributed by atoms with van der Waals surface area (Å²) in [6.45, 7) is 1.99. The quantitative estimate of drug-likeness (QED) is 0.178. The van der Waals surface area contributed by atoms with Crippen LogP contribution in [0, 0.1) is 17.0 Å². The van der Waals surface area contributed by atoms with Crippen molar-refractivity contribution in [3.63, 3.8) is 0 Å². The van der Waals surface area contributed by atoms with Gasteiger partial charge in [0.05, 0.1) is 15.4 Å². The Morgan fingerprint density at radius 2 is 1.66 bits per heavy atom. The molecule has 0 spiro atoms. The first-order chi connectivity index (χ1) is 15.2. The van der Waals surface area contributed by atoms with Crippen molar-refractivity contribution in [1.82, 2.24) is 0 Å². The number of rotatable bonds is 8. The second-order valence-electron chi connectivity index (χ2n) is 6.96. The number of halogens is 1. The molecule has 3 rings (SSSR count). The van der Waals surface area contributed by atoms with Gasteiger partial charge < -0.3 is 5.11 Å². The zero-order chi connectivity index (χ0) is 23.3. The fraction of sp³-hybridized carbons (Fsp3) is 0.0833. The van der Waals surface area contributed by atoms with Crippen LogP contribution in [0.2, 0.25) is 5.02 Å². The normalized spacial score (nSPS) is 11.2. The van der Waals surface area contributed by atoms with Crippen LogP contribution in [0.15, 0.2) is 71.6 Å². The highest BCUT2D eigenvalue weighted by atomic mass is 35.5. The van der Waals surface area contributed by atoms with Crippen LogP contribution in [0.4, 0.5) is 5.69 Å². The second kappa shape index (κ2) is 10.3. The number of nitro benzene ring substituents is 1. The molecule has 0 unspecified atom stereocenters. The summed E-state index contributed by atoms with van der Waals surface area (Å²) in [4.78, 5) is 35.3. The summed E-state index contributed by atoms with van der Waals surface area (Å²) >= 11 is 7.20. The summed E-state index contributed by atoms with van der Waals surface area (Å²) in [5.74, 6) is -0.876. The van der Waals surface area contributed by atoms with Gasteiger partial charge >= 0.3 is 5.97 Å². The van der Waals surface area contributed by atoms with E-state index in [0.717, 1.165) is 11.1 Å². The molecule has 0 radical (unpaired) electrons. The van der Waals surface area contributed by atoms with Crippen LogP contribution in [0.3, 0.4) is 0 Å². The molecule has 0 atom stereocenters. The number of thioether (sulfide) groups is 1. The maximum absolute atomic E-state index is 13.2. The van der Waals surface area contributed by atoms with Gasteiger partial charge in [-0.1, -0.05) is 59.6 Å². The van der Waals surface area contributed by atoms with Gasteiger partial charge in [0.15, 0.2) is 5.78 Å². The Morgan fingerprint density at radius 1 is 1.03 bits per heavy atom. The van der Waals surface area contributed by atoms with Gasteiger partial charge in [0.25, 0.3) is 5.69 Å². The van der Waals surface area contributed by atoms with E-state index in [9.17, 15) is 19.7 Å². The first kappa shape index (κ1) is 23.2. The van der Waals surface area contributed by atoms with Crippen molar-refractivity contribution in [2.45, 2.75) is 12.7 Å². The molecule has 3 aromatic carbocycles. The van der Waals surface area contributed by atoms with Crippen molar-refractivity contribution in [2.75, 3.05) is 0 Å². The number of Topliss-reactive ketones (excluding diaryl/α,β-unsaturated/α-hetero) is 1. The van der Waals surface area contributed by atoms with E-state index in [-0.39, 0.29) is 22.1 Å². The lowest BCUT2D eigenvalue weighted by Crippen LogP contribution is -2.03. The zero-order valence-corrected chi connectivity index (χ0v) is 18.5. The Bertz CT molecular complexity index is 1200. The average Bonchev–Trinajstić information content (AvgIpc) is 2.78. The van der Waals surface area contributed by atoms with Crippen molar-refractivity contribution in [3.8, 4) is 0 Å². The van der Waals surface area contributed by atoms with E-state index in [2.05, 4.69) is 0 Å². The highest BCUT2D eigenvalue weighted by molar-refractivity contribution is 8.03. The Labute approximate surface area is 193 Å². The molecule has 0 fully saturated rings. The fourth-order valence-electron chi connectivity index (χ4n) is 2.84. The number of aromatic carboxylic acids is 1. The van der Waals surface area contributed by atoms with E-state index in [1.807, 2.05) is 31.2 Å². The molecule has 0 bridgehead atoms. The Hall–Kier alpha value is -3.42. The molecule has 6 nitrogen and oxygen atoms in total. The minimum Gasteiger partial charge on any atom is -0.478 e. The number of aryl methyl sites for hydroxylation is 1. The number of hydrogen-bond acceptors (Lipinski definition) is 5. The minimum atomic E-state index is -1.08. The molecule has 0 heterocycles. The van der Waals surface area contributed by atoms with Crippen LogP contribution in [0.25, 0.3) is 6.08 Å². The van der Waals surface area contributed by atoms with E-state index < -0.39 is 10.9 Å². The maximum Gasteiger partial charge on any atom is 0.335 e. The van der Waals surface area contributed by atoms with E-state index in [1.54, 1.807) is 12.1 Å². The molecule has 3 aromatic rings. The number of nitro groups is 1. The predicted octanol–water partition coefficient (Wildman–Crippen LogP) is 6.41. The monoisotopic (exact) mass is 467 g/mol. The van der Waals surface area contributed by atoms with E-state index in [4.69, 9.17) is 16.7 Å². The number of benzene rings is 3. The number of carboxylic acid groups (broad SMARTS) is 1. The maximum atomic E-state index is 13.2. The van der Waals surface area contributed by atoms with Gasteiger partial charge in [-0.3, -0.25) is 14.9 Å². The molecule has 32 heavy (non-hydrogen) atoms. The van der Waals surface area contributed by atoms with Gasteiger partial charge in [-0.15, -0.1) is 11.8 Å². The molecular weight excluding hydrogens is 450 g/mol. The molecule has 0 saturated carbocycles. The van der Waals surface area contributed by atoms with Gasteiger partial charge in [-0.2, -0.15) is 0 Å². The average molecular weight is 468 g/mol. The number of carboxylic acids is 1.